The SMILES string of the molecule is CC(C)CC(CCCCCCSc1nccc(=O)[nH]1)(c1ccccc1)C(C)C. The van der Waals surface area contributed by atoms with Gasteiger partial charge in [-0.15, -0.1) is 0 Å². The Hall–Kier alpha value is -1.55. The maximum Gasteiger partial charge on any atom is 0.251 e. The molecule has 2 rings (SSSR count). The largest absolute Gasteiger partial charge is 0.301 e. The molecular formula is C24H36N2OS. The first-order valence-electron chi connectivity index (χ1n) is 10.7. The Morgan fingerprint density at radius 1 is 1.00 bits per heavy atom. The monoisotopic (exact) mass is 400 g/mol. The van der Waals surface area contributed by atoms with E-state index in [4.69, 9.17) is 0 Å². The molecule has 1 aromatic heterocycles. The van der Waals surface area contributed by atoms with Crippen molar-refractivity contribution in [1.82, 2.24) is 9.97 Å². The fourth-order valence-electron chi connectivity index (χ4n) is 4.21. The third-order valence-corrected chi connectivity index (χ3v) is 6.60. The van der Waals surface area contributed by atoms with Gasteiger partial charge in [-0.25, -0.2) is 4.98 Å². The van der Waals surface area contributed by atoms with Gasteiger partial charge >= 0.3 is 0 Å². The smallest absolute Gasteiger partial charge is 0.251 e. The molecule has 1 heterocycles. The lowest BCUT2D eigenvalue weighted by Crippen LogP contribution is -2.34. The molecule has 2 aromatic rings. The predicted molar refractivity (Wildman–Crippen MR) is 121 cm³/mol. The van der Waals surface area contributed by atoms with E-state index in [1.54, 1.807) is 18.0 Å². The van der Waals surface area contributed by atoms with E-state index in [1.807, 2.05) is 0 Å². The normalized spacial score (nSPS) is 13.8. The van der Waals surface area contributed by atoms with Crippen LogP contribution in [-0.2, 0) is 5.41 Å². The van der Waals surface area contributed by atoms with Crippen LogP contribution in [0.4, 0.5) is 0 Å². The Balaban J connectivity index is 1.83. The number of hydrogen-bond donors (Lipinski definition) is 1. The molecule has 0 amide bonds. The molecule has 0 aliphatic carbocycles. The summed E-state index contributed by atoms with van der Waals surface area (Å²) in [7, 11) is 0. The van der Waals surface area contributed by atoms with Crippen LogP contribution in [0.25, 0.3) is 0 Å². The Labute approximate surface area is 174 Å². The van der Waals surface area contributed by atoms with Crippen LogP contribution in [0.5, 0.6) is 0 Å². The van der Waals surface area contributed by atoms with Crippen LogP contribution >= 0.6 is 11.8 Å². The molecule has 1 aromatic carbocycles. The zero-order valence-electron chi connectivity index (χ0n) is 17.9. The lowest BCUT2D eigenvalue weighted by atomic mass is 9.64. The summed E-state index contributed by atoms with van der Waals surface area (Å²) in [6, 6.07) is 12.6. The predicted octanol–water partition coefficient (Wildman–Crippen LogP) is 6.45. The lowest BCUT2D eigenvalue weighted by Gasteiger charge is -2.40. The standard InChI is InChI=1S/C24H36N2OS/c1-19(2)18-24(20(3)4,21-12-8-7-9-13-21)15-10-5-6-11-17-28-23-25-16-14-22(27)26-23/h7-9,12-14,16,19-20H,5-6,10-11,15,17-18H2,1-4H3,(H,25,26,27). The van der Waals surface area contributed by atoms with E-state index >= 15 is 0 Å². The van der Waals surface area contributed by atoms with Gasteiger partial charge < -0.3 is 4.98 Å². The molecule has 0 aliphatic rings. The average Bonchev–Trinajstić information content (AvgIpc) is 2.66. The Bertz CT molecular complexity index is 742. The van der Waals surface area contributed by atoms with Gasteiger partial charge in [0, 0.05) is 18.0 Å². The number of rotatable bonds is 12. The van der Waals surface area contributed by atoms with Gasteiger partial charge in [0.25, 0.3) is 5.56 Å². The highest BCUT2D eigenvalue weighted by Gasteiger charge is 2.35. The number of unbranched alkanes of at least 4 members (excludes halogenated alkanes) is 3. The number of hydrogen-bond acceptors (Lipinski definition) is 3. The second-order valence-electron chi connectivity index (χ2n) is 8.53. The zero-order valence-corrected chi connectivity index (χ0v) is 18.7. The first-order chi connectivity index (χ1) is 13.4. The second-order valence-corrected chi connectivity index (χ2v) is 9.61. The highest BCUT2D eigenvalue weighted by Crippen LogP contribution is 2.42. The van der Waals surface area contributed by atoms with E-state index < -0.39 is 0 Å². The Kier molecular flexibility index (Phi) is 9.30. The van der Waals surface area contributed by atoms with Crippen molar-refractivity contribution in [2.24, 2.45) is 11.8 Å². The third kappa shape index (κ3) is 6.80. The van der Waals surface area contributed by atoms with Crippen LogP contribution < -0.4 is 5.56 Å². The first kappa shape index (κ1) is 22.7. The average molecular weight is 401 g/mol. The fraction of sp³-hybridized carbons (Fsp3) is 0.583. The molecule has 1 atom stereocenters. The van der Waals surface area contributed by atoms with Crippen LogP contribution in [0, 0.1) is 11.8 Å². The Morgan fingerprint density at radius 3 is 2.36 bits per heavy atom. The quantitative estimate of drug-likeness (QED) is 0.253. The summed E-state index contributed by atoms with van der Waals surface area (Å²) in [5.74, 6) is 2.33. The molecule has 1 unspecified atom stereocenters. The number of benzene rings is 1. The lowest BCUT2D eigenvalue weighted by molar-refractivity contribution is 0.225. The van der Waals surface area contributed by atoms with Crippen molar-refractivity contribution >= 4 is 11.8 Å². The number of aromatic amines is 1. The molecule has 4 heteroatoms. The maximum atomic E-state index is 11.3. The molecule has 0 saturated heterocycles. The Morgan fingerprint density at radius 2 is 1.71 bits per heavy atom. The van der Waals surface area contributed by atoms with Crippen molar-refractivity contribution in [3.05, 3.63) is 58.5 Å². The summed E-state index contributed by atoms with van der Waals surface area (Å²) < 4.78 is 0. The van der Waals surface area contributed by atoms with Crippen molar-refractivity contribution in [3.63, 3.8) is 0 Å². The van der Waals surface area contributed by atoms with Gasteiger partial charge in [0.05, 0.1) is 0 Å². The second kappa shape index (κ2) is 11.5. The molecule has 0 fully saturated rings. The summed E-state index contributed by atoms with van der Waals surface area (Å²) in [6.45, 7) is 9.47. The number of nitrogens with one attached hydrogen (secondary N) is 1. The minimum atomic E-state index is -0.0754. The summed E-state index contributed by atoms with van der Waals surface area (Å²) in [6.07, 6.45) is 9.00. The van der Waals surface area contributed by atoms with Crippen molar-refractivity contribution in [1.29, 1.82) is 0 Å². The van der Waals surface area contributed by atoms with E-state index in [9.17, 15) is 4.79 Å². The first-order valence-corrected chi connectivity index (χ1v) is 11.7. The summed E-state index contributed by atoms with van der Waals surface area (Å²) in [4.78, 5) is 18.3. The highest BCUT2D eigenvalue weighted by atomic mass is 32.2. The molecule has 0 bridgehead atoms. The van der Waals surface area contributed by atoms with Gasteiger partial charge in [0.1, 0.15) is 0 Å². The van der Waals surface area contributed by atoms with Gasteiger partial charge in [-0.05, 0) is 42.1 Å². The van der Waals surface area contributed by atoms with Crippen LogP contribution in [-0.4, -0.2) is 15.7 Å². The highest BCUT2D eigenvalue weighted by molar-refractivity contribution is 7.99. The van der Waals surface area contributed by atoms with Gasteiger partial charge in [-0.2, -0.15) is 0 Å². The van der Waals surface area contributed by atoms with Crippen molar-refractivity contribution < 1.29 is 0 Å². The van der Waals surface area contributed by atoms with E-state index in [1.165, 1.54) is 43.7 Å². The van der Waals surface area contributed by atoms with E-state index in [0.717, 1.165) is 17.3 Å². The van der Waals surface area contributed by atoms with E-state index in [-0.39, 0.29) is 11.0 Å². The number of thioether (sulfide) groups is 1. The van der Waals surface area contributed by atoms with Crippen LogP contribution in [0.1, 0.15) is 71.8 Å². The van der Waals surface area contributed by atoms with Gasteiger partial charge in [0.2, 0.25) is 0 Å². The molecule has 28 heavy (non-hydrogen) atoms. The van der Waals surface area contributed by atoms with Crippen LogP contribution in [0.3, 0.4) is 0 Å². The topological polar surface area (TPSA) is 45.8 Å². The number of H-pyrrole nitrogens is 1. The minimum absolute atomic E-state index is 0.0754. The molecule has 154 valence electrons. The van der Waals surface area contributed by atoms with E-state index in [2.05, 4.69) is 68.0 Å². The minimum Gasteiger partial charge on any atom is -0.301 e. The number of nitrogens with zero attached hydrogens (tertiary/aromatic N) is 1. The molecular weight excluding hydrogens is 364 g/mol. The molecule has 0 aliphatic heterocycles. The molecule has 1 N–H and O–H groups in total. The zero-order chi connectivity index (χ0) is 20.4. The van der Waals surface area contributed by atoms with Crippen molar-refractivity contribution in [3.8, 4) is 0 Å². The van der Waals surface area contributed by atoms with Crippen LogP contribution in [0.15, 0.2) is 52.5 Å². The third-order valence-electron chi connectivity index (χ3n) is 5.63. The fourth-order valence-corrected chi connectivity index (χ4v) is 5.06. The molecule has 0 spiro atoms. The molecule has 0 radical (unpaired) electrons. The maximum absolute atomic E-state index is 11.3. The van der Waals surface area contributed by atoms with Crippen molar-refractivity contribution in [2.45, 2.75) is 76.8 Å². The summed E-state index contributed by atoms with van der Waals surface area (Å²) >= 11 is 1.64. The van der Waals surface area contributed by atoms with Gasteiger partial charge in [-0.1, -0.05) is 89.1 Å². The van der Waals surface area contributed by atoms with E-state index in [0.29, 0.717) is 11.8 Å². The molecule has 3 nitrogen and oxygen atoms in total. The summed E-state index contributed by atoms with van der Waals surface area (Å²) in [5, 5.41) is 0.729. The molecule has 0 saturated carbocycles. The van der Waals surface area contributed by atoms with Gasteiger partial charge in [-0.3, -0.25) is 4.79 Å². The van der Waals surface area contributed by atoms with Crippen LogP contribution in [0.2, 0.25) is 0 Å². The van der Waals surface area contributed by atoms with Crippen molar-refractivity contribution in [2.75, 3.05) is 5.75 Å². The van der Waals surface area contributed by atoms with Gasteiger partial charge in [0.15, 0.2) is 5.16 Å². The summed E-state index contributed by atoms with van der Waals surface area (Å²) in [5.41, 5.74) is 1.71. The number of aromatic nitrogens is 2.